The van der Waals surface area contributed by atoms with E-state index in [-0.39, 0.29) is 24.0 Å². The van der Waals surface area contributed by atoms with Crippen molar-refractivity contribution in [3.05, 3.63) is 33.8 Å². The molecule has 1 fully saturated rings. The number of halogens is 2. The molecule has 2 rings (SSSR count). The number of hydrogen-bond donors (Lipinski definition) is 2. The first kappa shape index (κ1) is 16.1. The van der Waals surface area contributed by atoms with E-state index in [1.165, 1.54) is 4.90 Å². The van der Waals surface area contributed by atoms with Gasteiger partial charge in [-0.05, 0) is 26.0 Å². The van der Waals surface area contributed by atoms with Crippen molar-refractivity contribution in [1.82, 2.24) is 10.2 Å². The van der Waals surface area contributed by atoms with Gasteiger partial charge in [0, 0.05) is 23.7 Å². The summed E-state index contributed by atoms with van der Waals surface area (Å²) in [5, 5.41) is 5.67. The molecule has 7 heteroatoms. The Bertz CT molecular complexity index is 565. The molecule has 21 heavy (non-hydrogen) atoms. The highest BCUT2D eigenvalue weighted by molar-refractivity contribution is 6.35. The fourth-order valence-corrected chi connectivity index (χ4v) is 3.00. The van der Waals surface area contributed by atoms with Crippen molar-refractivity contribution in [2.75, 3.05) is 13.1 Å². The van der Waals surface area contributed by atoms with Crippen molar-refractivity contribution in [3.8, 4) is 0 Å². The third kappa shape index (κ3) is 3.67. The lowest BCUT2D eigenvalue weighted by molar-refractivity contribution is -0.710. The van der Waals surface area contributed by atoms with Gasteiger partial charge >= 0.3 is 6.03 Å². The molecule has 0 bridgehead atoms. The summed E-state index contributed by atoms with van der Waals surface area (Å²) in [6.45, 7) is 4.68. The quantitative estimate of drug-likeness (QED) is 0.879. The second-order valence-corrected chi connectivity index (χ2v) is 6.00. The Labute approximate surface area is 133 Å². The van der Waals surface area contributed by atoms with Gasteiger partial charge in [0.1, 0.15) is 6.04 Å². The molecule has 1 aromatic rings. The minimum Gasteiger partial charge on any atom is -0.336 e. The van der Waals surface area contributed by atoms with Crippen molar-refractivity contribution < 1.29 is 14.9 Å². The van der Waals surface area contributed by atoms with Crippen LogP contribution in [0.3, 0.4) is 0 Å². The normalized spacial score (nSPS) is 17.5. The van der Waals surface area contributed by atoms with E-state index < -0.39 is 0 Å². The Morgan fingerprint density at radius 2 is 2.10 bits per heavy atom. The van der Waals surface area contributed by atoms with Crippen molar-refractivity contribution >= 4 is 35.1 Å². The van der Waals surface area contributed by atoms with Gasteiger partial charge in [0.15, 0.2) is 6.04 Å². The number of amides is 3. The van der Waals surface area contributed by atoms with E-state index in [1.54, 1.807) is 19.1 Å². The number of hydrogen-bond acceptors (Lipinski definition) is 2. The van der Waals surface area contributed by atoms with Crippen LogP contribution >= 0.6 is 23.2 Å². The van der Waals surface area contributed by atoms with E-state index in [2.05, 4.69) is 5.32 Å². The molecule has 0 spiro atoms. The van der Waals surface area contributed by atoms with Crippen LogP contribution in [-0.4, -0.2) is 36.0 Å². The van der Waals surface area contributed by atoms with E-state index in [1.807, 2.05) is 18.3 Å². The number of nitrogens with two attached hydrogens (primary N) is 1. The molecular formula is C14H18Cl2N3O2+. The predicted molar refractivity (Wildman–Crippen MR) is 81.4 cm³/mol. The Balaban J connectivity index is 2.03. The lowest BCUT2D eigenvalue weighted by Gasteiger charge is -2.20. The van der Waals surface area contributed by atoms with Gasteiger partial charge in [0.25, 0.3) is 5.91 Å². The zero-order valence-corrected chi connectivity index (χ0v) is 13.4. The first-order valence-corrected chi connectivity index (χ1v) is 7.55. The third-order valence-corrected chi connectivity index (χ3v) is 4.11. The maximum absolute atomic E-state index is 12.2. The van der Waals surface area contributed by atoms with Gasteiger partial charge in [-0.25, -0.2) is 4.79 Å². The zero-order chi connectivity index (χ0) is 15.6. The Morgan fingerprint density at radius 1 is 1.38 bits per heavy atom. The molecule has 0 aliphatic carbocycles. The lowest BCUT2D eigenvalue weighted by Crippen LogP contribution is -2.92. The van der Waals surface area contributed by atoms with E-state index in [4.69, 9.17) is 23.2 Å². The Kier molecular flexibility index (Phi) is 5.08. The highest BCUT2D eigenvalue weighted by Gasteiger charge is 2.32. The molecule has 1 aromatic carbocycles. The van der Waals surface area contributed by atoms with Crippen LogP contribution in [0.5, 0.6) is 0 Å². The van der Waals surface area contributed by atoms with Crippen LogP contribution in [0, 0.1) is 0 Å². The molecular weight excluding hydrogens is 313 g/mol. The molecule has 2 atom stereocenters. The molecule has 0 radical (unpaired) electrons. The molecule has 5 nitrogen and oxygen atoms in total. The summed E-state index contributed by atoms with van der Waals surface area (Å²) >= 11 is 12.1. The zero-order valence-electron chi connectivity index (χ0n) is 11.9. The second kappa shape index (κ2) is 6.64. The van der Waals surface area contributed by atoms with E-state index >= 15 is 0 Å². The first-order valence-electron chi connectivity index (χ1n) is 6.79. The predicted octanol–water partition coefficient (Wildman–Crippen LogP) is 1.56. The van der Waals surface area contributed by atoms with Gasteiger partial charge < -0.3 is 10.6 Å². The topological polar surface area (TPSA) is 66.0 Å². The van der Waals surface area contributed by atoms with Gasteiger partial charge in [0.05, 0.1) is 5.02 Å². The molecule has 3 N–H and O–H groups in total. The van der Waals surface area contributed by atoms with Crippen molar-refractivity contribution in [3.63, 3.8) is 0 Å². The maximum atomic E-state index is 12.2. The van der Waals surface area contributed by atoms with Crippen LogP contribution in [0.2, 0.25) is 10.0 Å². The Hall–Kier alpha value is -1.30. The van der Waals surface area contributed by atoms with Crippen LogP contribution in [-0.2, 0) is 4.79 Å². The van der Waals surface area contributed by atoms with Gasteiger partial charge in [-0.15, -0.1) is 0 Å². The Morgan fingerprint density at radius 3 is 2.67 bits per heavy atom. The lowest BCUT2D eigenvalue weighted by atomic mass is 10.1. The molecule has 1 saturated heterocycles. The average Bonchev–Trinajstić information content (AvgIpc) is 2.83. The number of imide groups is 1. The minimum absolute atomic E-state index is 0.0145. The van der Waals surface area contributed by atoms with Crippen LogP contribution in [0.25, 0.3) is 0 Å². The number of carbonyl (C=O) groups excluding carboxylic acids is 2. The van der Waals surface area contributed by atoms with E-state index in [0.717, 1.165) is 5.56 Å². The summed E-state index contributed by atoms with van der Waals surface area (Å²) < 4.78 is 0. The number of benzene rings is 1. The summed E-state index contributed by atoms with van der Waals surface area (Å²) in [7, 11) is 0. The summed E-state index contributed by atoms with van der Waals surface area (Å²) in [6.07, 6.45) is 0. The standard InChI is InChI=1S/C14H17Cl2N3O2/c1-8(11-4-3-10(15)7-12(11)16)18-9(2)13(20)19-6-5-17-14(19)21/h3-4,7-9,18H,5-6H2,1-2H3,(H,17,21)/p+1/t8-,9+/m0/s1. The number of rotatable bonds is 4. The number of nitrogens with one attached hydrogen (secondary N) is 1. The van der Waals surface area contributed by atoms with E-state index in [9.17, 15) is 9.59 Å². The second-order valence-electron chi connectivity index (χ2n) is 5.16. The SMILES string of the molecule is C[C@H]([NH2+][C@H](C)C(=O)N1CCNC1=O)c1ccc(Cl)cc1Cl. The summed E-state index contributed by atoms with van der Waals surface area (Å²) in [5.74, 6) is -0.193. The van der Waals surface area contributed by atoms with Crippen molar-refractivity contribution in [1.29, 1.82) is 0 Å². The molecule has 1 heterocycles. The van der Waals surface area contributed by atoms with Gasteiger partial charge in [-0.1, -0.05) is 29.3 Å². The van der Waals surface area contributed by atoms with E-state index in [0.29, 0.717) is 23.1 Å². The van der Waals surface area contributed by atoms with Crippen LogP contribution < -0.4 is 10.6 Å². The van der Waals surface area contributed by atoms with Crippen molar-refractivity contribution in [2.24, 2.45) is 0 Å². The number of nitrogens with zero attached hydrogens (tertiary/aromatic N) is 1. The molecule has 1 aliphatic rings. The van der Waals surface area contributed by atoms with Crippen LogP contribution in [0.15, 0.2) is 18.2 Å². The molecule has 0 aromatic heterocycles. The number of urea groups is 1. The van der Waals surface area contributed by atoms with Crippen LogP contribution in [0.1, 0.15) is 25.5 Å². The summed E-state index contributed by atoms with van der Waals surface area (Å²) in [5.41, 5.74) is 0.909. The largest absolute Gasteiger partial charge is 0.336 e. The molecule has 3 amide bonds. The number of carbonyl (C=O) groups is 2. The smallest absolute Gasteiger partial charge is 0.324 e. The van der Waals surface area contributed by atoms with Crippen LogP contribution in [0.4, 0.5) is 4.79 Å². The first-order chi connectivity index (χ1) is 9.90. The van der Waals surface area contributed by atoms with Gasteiger partial charge in [-0.3, -0.25) is 9.69 Å². The van der Waals surface area contributed by atoms with Gasteiger partial charge in [-0.2, -0.15) is 0 Å². The number of quaternary nitrogens is 1. The highest BCUT2D eigenvalue weighted by Crippen LogP contribution is 2.24. The third-order valence-electron chi connectivity index (χ3n) is 3.54. The van der Waals surface area contributed by atoms with Crippen molar-refractivity contribution in [2.45, 2.75) is 25.9 Å². The molecule has 0 unspecified atom stereocenters. The maximum Gasteiger partial charge on any atom is 0.324 e. The highest BCUT2D eigenvalue weighted by atomic mass is 35.5. The fourth-order valence-electron chi connectivity index (χ4n) is 2.42. The summed E-state index contributed by atoms with van der Waals surface area (Å²) in [4.78, 5) is 25.0. The summed E-state index contributed by atoms with van der Waals surface area (Å²) in [6, 6.07) is 4.61. The minimum atomic E-state index is -0.365. The molecule has 0 saturated carbocycles. The monoisotopic (exact) mass is 330 g/mol. The molecule has 114 valence electrons. The van der Waals surface area contributed by atoms with Gasteiger partial charge in [0.2, 0.25) is 0 Å². The molecule has 1 aliphatic heterocycles. The fraction of sp³-hybridized carbons (Fsp3) is 0.429. The average molecular weight is 331 g/mol.